The van der Waals surface area contributed by atoms with Crippen molar-refractivity contribution in [1.82, 2.24) is 19.7 Å². The Kier molecular flexibility index (Phi) is 5.02. The Morgan fingerprint density at radius 2 is 1.86 bits per heavy atom. The predicted octanol–water partition coefficient (Wildman–Crippen LogP) is 3.35. The summed E-state index contributed by atoms with van der Waals surface area (Å²) in [5.41, 5.74) is 0.0115. The van der Waals surface area contributed by atoms with E-state index in [0.29, 0.717) is 6.54 Å². The van der Waals surface area contributed by atoms with Gasteiger partial charge in [-0.1, -0.05) is 24.3 Å². The molecule has 0 atom stereocenters. The molecule has 146 valence electrons. The summed E-state index contributed by atoms with van der Waals surface area (Å²) in [6.07, 6.45) is 0.269. The molecule has 1 fully saturated rings. The van der Waals surface area contributed by atoms with Crippen LogP contribution in [0, 0.1) is 12.8 Å². The number of halogens is 2. The number of aryl methyl sites for hydroxylation is 1. The third-order valence-corrected chi connectivity index (χ3v) is 5.35. The van der Waals surface area contributed by atoms with Gasteiger partial charge in [-0.3, -0.25) is 9.36 Å². The lowest BCUT2D eigenvalue weighted by molar-refractivity contribution is 0.145. The molecule has 1 saturated heterocycles. The summed E-state index contributed by atoms with van der Waals surface area (Å²) in [5, 5.41) is 10.9. The van der Waals surface area contributed by atoms with Gasteiger partial charge in [0.25, 0.3) is 12.0 Å². The second kappa shape index (κ2) is 7.61. The van der Waals surface area contributed by atoms with Crippen LogP contribution in [0.1, 0.15) is 30.7 Å². The van der Waals surface area contributed by atoms with Crippen LogP contribution in [0.3, 0.4) is 0 Å². The van der Waals surface area contributed by atoms with Crippen LogP contribution in [0.15, 0.2) is 41.5 Å². The van der Waals surface area contributed by atoms with Crippen molar-refractivity contribution < 1.29 is 8.78 Å². The fourth-order valence-electron chi connectivity index (χ4n) is 3.76. The first-order valence-corrected chi connectivity index (χ1v) is 9.34. The van der Waals surface area contributed by atoms with Crippen LogP contribution in [0.4, 0.5) is 14.6 Å². The van der Waals surface area contributed by atoms with Gasteiger partial charge in [0, 0.05) is 36.5 Å². The lowest BCUT2D eigenvalue weighted by Gasteiger charge is -2.33. The Balaban J connectivity index is 1.46. The van der Waals surface area contributed by atoms with Gasteiger partial charge in [0.2, 0.25) is 0 Å². The van der Waals surface area contributed by atoms with E-state index in [2.05, 4.69) is 32.2 Å². The monoisotopic (exact) mass is 385 g/mol. The van der Waals surface area contributed by atoms with Crippen molar-refractivity contribution >= 4 is 16.6 Å². The Morgan fingerprint density at radius 1 is 1.14 bits per heavy atom. The highest BCUT2D eigenvalue weighted by Crippen LogP contribution is 2.29. The summed E-state index contributed by atoms with van der Waals surface area (Å²) in [4.78, 5) is 18.0. The summed E-state index contributed by atoms with van der Waals surface area (Å²) in [5.74, 6) is 1.18. The lowest BCUT2D eigenvalue weighted by Crippen LogP contribution is -2.37. The molecule has 3 heterocycles. The molecule has 1 aromatic carbocycles. The molecule has 0 amide bonds. The highest BCUT2D eigenvalue weighted by molar-refractivity contribution is 5.93. The van der Waals surface area contributed by atoms with Crippen LogP contribution in [0.5, 0.6) is 0 Å². The molecule has 0 radical (unpaired) electrons. The summed E-state index contributed by atoms with van der Waals surface area (Å²) < 4.78 is 26.7. The maximum atomic E-state index is 12.7. The van der Waals surface area contributed by atoms with E-state index in [0.717, 1.165) is 54.3 Å². The van der Waals surface area contributed by atoms with Gasteiger partial charge >= 0.3 is 0 Å². The number of benzene rings is 1. The number of fused-ring (bicyclic) bond motifs is 1. The fraction of sp³-hybridized carbons (Fsp3) is 0.400. The Morgan fingerprint density at radius 3 is 2.54 bits per heavy atom. The molecule has 0 aliphatic carbocycles. The average Bonchev–Trinajstić information content (AvgIpc) is 2.71. The second-order valence-corrected chi connectivity index (χ2v) is 7.19. The number of aromatic nitrogens is 4. The molecule has 0 N–H and O–H groups in total. The topological polar surface area (TPSA) is 63.9 Å². The maximum absolute atomic E-state index is 12.7. The highest BCUT2D eigenvalue weighted by atomic mass is 19.3. The predicted molar refractivity (Wildman–Crippen MR) is 103 cm³/mol. The van der Waals surface area contributed by atoms with Crippen LogP contribution >= 0.6 is 0 Å². The summed E-state index contributed by atoms with van der Waals surface area (Å²) >= 11 is 0. The molecule has 3 aromatic rings. The minimum absolute atomic E-state index is 0.290. The van der Waals surface area contributed by atoms with Gasteiger partial charge in [0.1, 0.15) is 5.69 Å². The van der Waals surface area contributed by atoms with E-state index < -0.39 is 17.7 Å². The minimum atomic E-state index is -2.73. The molecule has 1 aliphatic heterocycles. The van der Waals surface area contributed by atoms with Gasteiger partial charge in [-0.2, -0.15) is 5.10 Å². The molecule has 2 aromatic heterocycles. The van der Waals surface area contributed by atoms with Crippen LogP contribution in [-0.2, 0) is 6.54 Å². The van der Waals surface area contributed by atoms with E-state index in [1.165, 1.54) is 10.9 Å². The Bertz CT molecular complexity index is 1040. The minimum Gasteiger partial charge on any atom is -0.355 e. The third kappa shape index (κ3) is 3.58. The number of nitrogens with zero attached hydrogens (tertiary/aromatic N) is 5. The van der Waals surface area contributed by atoms with Crippen molar-refractivity contribution in [2.45, 2.75) is 32.7 Å². The molecular weight excluding hydrogens is 364 g/mol. The van der Waals surface area contributed by atoms with E-state index >= 15 is 0 Å². The summed E-state index contributed by atoms with van der Waals surface area (Å²) in [6, 6.07) is 9.04. The summed E-state index contributed by atoms with van der Waals surface area (Å²) in [6.45, 7) is 4.06. The normalized spacial score (nSPS) is 15.5. The molecule has 0 bridgehead atoms. The standard InChI is InChI=1S/C20H21F2N5O/c1-13-15-4-2-3-5-16(15)20(25-24-13)26-8-6-14(7-9-26)11-27-12-23-17(19(21)22)10-18(27)28/h2-5,10,12,14,19H,6-9,11H2,1H3. The quantitative estimate of drug-likeness (QED) is 0.689. The number of rotatable bonds is 4. The van der Waals surface area contributed by atoms with Gasteiger partial charge in [0.15, 0.2) is 5.82 Å². The fourth-order valence-corrected chi connectivity index (χ4v) is 3.76. The van der Waals surface area contributed by atoms with E-state index in [1.807, 2.05) is 19.1 Å². The summed E-state index contributed by atoms with van der Waals surface area (Å²) in [7, 11) is 0. The third-order valence-electron chi connectivity index (χ3n) is 5.35. The number of anilines is 1. The van der Waals surface area contributed by atoms with Crippen molar-refractivity contribution in [2.75, 3.05) is 18.0 Å². The van der Waals surface area contributed by atoms with Crippen molar-refractivity contribution in [2.24, 2.45) is 5.92 Å². The van der Waals surface area contributed by atoms with Gasteiger partial charge in [0.05, 0.1) is 12.0 Å². The second-order valence-electron chi connectivity index (χ2n) is 7.19. The molecule has 4 rings (SSSR count). The Hall–Kier alpha value is -2.90. The van der Waals surface area contributed by atoms with Gasteiger partial charge in [-0.15, -0.1) is 5.10 Å². The smallest absolute Gasteiger partial charge is 0.280 e. The zero-order valence-corrected chi connectivity index (χ0v) is 15.6. The van der Waals surface area contributed by atoms with Gasteiger partial charge in [-0.25, -0.2) is 13.8 Å². The van der Waals surface area contributed by atoms with E-state index in [-0.39, 0.29) is 5.92 Å². The van der Waals surface area contributed by atoms with Crippen molar-refractivity contribution in [3.63, 3.8) is 0 Å². The van der Waals surface area contributed by atoms with Crippen LogP contribution < -0.4 is 10.5 Å². The maximum Gasteiger partial charge on any atom is 0.280 e. The largest absolute Gasteiger partial charge is 0.355 e. The molecular formula is C20H21F2N5O. The van der Waals surface area contributed by atoms with Crippen LogP contribution in [0.2, 0.25) is 0 Å². The zero-order chi connectivity index (χ0) is 19.7. The van der Waals surface area contributed by atoms with Gasteiger partial charge in [-0.05, 0) is 25.7 Å². The zero-order valence-electron chi connectivity index (χ0n) is 15.6. The first-order chi connectivity index (χ1) is 13.5. The van der Waals surface area contributed by atoms with Crippen molar-refractivity contribution in [3.8, 4) is 0 Å². The number of hydrogen-bond acceptors (Lipinski definition) is 5. The number of piperidine rings is 1. The van der Waals surface area contributed by atoms with E-state index in [1.54, 1.807) is 0 Å². The number of alkyl halides is 2. The van der Waals surface area contributed by atoms with Crippen molar-refractivity contribution in [1.29, 1.82) is 0 Å². The molecule has 6 nitrogen and oxygen atoms in total. The average molecular weight is 385 g/mol. The van der Waals surface area contributed by atoms with Crippen molar-refractivity contribution in [3.05, 3.63) is 58.4 Å². The van der Waals surface area contributed by atoms with Gasteiger partial charge < -0.3 is 4.90 Å². The SMILES string of the molecule is Cc1nnc(N2CCC(Cn3cnc(C(F)F)cc3=O)CC2)c2ccccc12. The van der Waals surface area contributed by atoms with E-state index in [9.17, 15) is 13.6 Å². The molecule has 0 unspecified atom stereocenters. The van der Waals surface area contributed by atoms with Crippen LogP contribution in [-0.4, -0.2) is 32.8 Å². The van der Waals surface area contributed by atoms with Crippen LogP contribution in [0.25, 0.3) is 10.8 Å². The first-order valence-electron chi connectivity index (χ1n) is 9.34. The molecule has 0 saturated carbocycles. The first kappa shape index (κ1) is 18.5. The highest BCUT2D eigenvalue weighted by Gasteiger charge is 2.23. The molecule has 0 spiro atoms. The molecule has 1 aliphatic rings. The lowest BCUT2D eigenvalue weighted by atomic mass is 9.96. The number of hydrogen-bond donors (Lipinski definition) is 0. The molecule has 8 heteroatoms. The Labute approximate surface area is 160 Å². The molecule has 28 heavy (non-hydrogen) atoms. The van der Waals surface area contributed by atoms with E-state index in [4.69, 9.17) is 0 Å².